The Balaban J connectivity index is 2.59. The average Bonchev–Trinajstić information content (AvgIpc) is 2.45. The van der Waals surface area contributed by atoms with Gasteiger partial charge < -0.3 is 10.1 Å². The summed E-state index contributed by atoms with van der Waals surface area (Å²) in [5.74, 6) is -0.948. The first-order valence-electron chi connectivity index (χ1n) is 7.21. The van der Waals surface area contributed by atoms with E-state index < -0.39 is 23.4 Å². The van der Waals surface area contributed by atoms with Gasteiger partial charge in [0.15, 0.2) is 0 Å². The number of amides is 2. The van der Waals surface area contributed by atoms with E-state index in [1.54, 1.807) is 20.8 Å². The van der Waals surface area contributed by atoms with E-state index in [9.17, 15) is 14.0 Å². The fourth-order valence-electron chi connectivity index (χ4n) is 1.76. The second-order valence-electron chi connectivity index (χ2n) is 5.97. The minimum Gasteiger partial charge on any atom is -0.444 e. The fraction of sp³-hybridized carbons (Fsp3) is 0.500. The molecule has 0 aliphatic carbocycles. The maximum Gasteiger partial charge on any atom is 0.407 e. The molecular formula is C16H23FN2O4. The summed E-state index contributed by atoms with van der Waals surface area (Å²) in [5, 5.41) is 3.57. The van der Waals surface area contributed by atoms with Crippen LogP contribution >= 0.6 is 0 Å². The van der Waals surface area contributed by atoms with Gasteiger partial charge in [-0.15, -0.1) is 0 Å². The van der Waals surface area contributed by atoms with E-state index in [4.69, 9.17) is 9.57 Å². The molecule has 23 heavy (non-hydrogen) atoms. The third kappa shape index (κ3) is 6.23. The number of hydroxylamine groups is 2. The Hall–Kier alpha value is -2.15. The number of halogens is 1. The van der Waals surface area contributed by atoms with Crippen LogP contribution in [0, 0.1) is 5.82 Å². The summed E-state index contributed by atoms with van der Waals surface area (Å²) >= 11 is 0. The van der Waals surface area contributed by atoms with Gasteiger partial charge in [-0.1, -0.05) is 6.07 Å². The average molecular weight is 326 g/mol. The topological polar surface area (TPSA) is 67.9 Å². The van der Waals surface area contributed by atoms with Gasteiger partial charge in [-0.25, -0.2) is 14.2 Å². The van der Waals surface area contributed by atoms with E-state index in [-0.39, 0.29) is 12.1 Å². The maximum absolute atomic E-state index is 14.0. The highest BCUT2D eigenvalue weighted by Crippen LogP contribution is 2.13. The van der Waals surface area contributed by atoms with E-state index in [1.165, 1.54) is 26.3 Å². The second kappa shape index (κ2) is 7.92. The predicted octanol–water partition coefficient (Wildman–Crippen LogP) is 2.53. The molecule has 0 saturated heterocycles. The standard InChI is InChI=1S/C16H23FN2O4/c1-16(2,3)23-15(21)18-9-8-11-6-7-12(10-13(11)17)14(20)19(4)22-5/h6-7,10H,8-9H2,1-5H3,(H,18,21). The van der Waals surface area contributed by atoms with Crippen LogP contribution < -0.4 is 5.32 Å². The van der Waals surface area contributed by atoms with Crippen molar-refractivity contribution in [3.8, 4) is 0 Å². The van der Waals surface area contributed by atoms with Crippen LogP contribution in [0.15, 0.2) is 18.2 Å². The summed E-state index contributed by atoms with van der Waals surface area (Å²) in [6, 6.07) is 4.19. The van der Waals surface area contributed by atoms with Crippen molar-refractivity contribution in [2.75, 3.05) is 20.7 Å². The molecule has 2 amide bonds. The third-order valence-corrected chi connectivity index (χ3v) is 2.92. The molecule has 0 radical (unpaired) electrons. The molecule has 0 atom stereocenters. The highest BCUT2D eigenvalue weighted by Gasteiger charge is 2.16. The molecule has 128 valence electrons. The number of hydrogen-bond donors (Lipinski definition) is 1. The molecule has 0 unspecified atom stereocenters. The number of carbonyl (C=O) groups is 2. The van der Waals surface area contributed by atoms with Gasteiger partial charge in [0.2, 0.25) is 0 Å². The highest BCUT2D eigenvalue weighted by molar-refractivity contribution is 5.93. The van der Waals surface area contributed by atoms with Crippen LogP contribution in [0.2, 0.25) is 0 Å². The van der Waals surface area contributed by atoms with Crippen LogP contribution in [-0.2, 0) is 16.0 Å². The Morgan fingerprint density at radius 2 is 1.96 bits per heavy atom. The first-order valence-corrected chi connectivity index (χ1v) is 7.21. The molecule has 0 aliphatic rings. The number of nitrogens with one attached hydrogen (secondary N) is 1. The molecule has 0 bridgehead atoms. The highest BCUT2D eigenvalue weighted by atomic mass is 19.1. The summed E-state index contributed by atoms with van der Waals surface area (Å²) in [4.78, 5) is 28.1. The zero-order chi connectivity index (χ0) is 17.6. The molecule has 0 fully saturated rings. The number of alkyl carbamates (subject to hydrolysis) is 1. The van der Waals surface area contributed by atoms with Gasteiger partial charge in [0.05, 0.1) is 7.11 Å². The van der Waals surface area contributed by atoms with Gasteiger partial charge >= 0.3 is 6.09 Å². The Morgan fingerprint density at radius 1 is 1.30 bits per heavy atom. The largest absolute Gasteiger partial charge is 0.444 e. The SMILES string of the molecule is CON(C)C(=O)c1ccc(CCNC(=O)OC(C)(C)C)c(F)c1. The van der Waals surface area contributed by atoms with Crippen LogP contribution in [0.3, 0.4) is 0 Å². The van der Waals surface area contributed by atoms with Crippen molar-refractivity contribution in [1.29, 1.82) is 0 Å². The molecule has 6 nitrogen and oxygen atoms in total. The molecule has 1 N–H and O–H groups in total. The predicted molar refractivity (Wildman–Crippen MR) is 83.4 cm³/mol. The zero-order valence-corrected chi connectivity index (χ0v) is 14.1. The number of nitrogens with zero attached hydrogens (tertiary/aromatic N) is 1. The third-order valence-electron chi connectivity index (χ3n) is 2.92. The van der Waals surface area contributed by atoms with Crippen molar-refractivity contribution in [2.24, 2.45) is 0 Å². The van der Waals surface area contributed by atoms with E-state index >= 15 is 0 Å². The number of carbonyl (C=O) groups excluding carboxylic acids is 2. The normalized spacial score (nSPS) is 11.0. The molecule has 0 spiro atoms. The molecular weight excluding hydrogens is 303 g/mol. The van der Waals surface area contributed by atoms with Crippen molar-refractivity contribution in [3.05, 3.63) is 35.1 Å². The summed E-state index contributed by atoms with van der Waals surface area (Å²) in [5.41, 5.74) is 0.0124. The lowest BCUT2D eigenvalue weighted by Crippen LogP contribution is -2.33. The quantitative estimate of drug-likeness (QED) is 0.844. The monoisotopic (exact) mass is 326 g/mol. The molecule has 7 heteroatoms. The number of ether oxygens (including phenoxy) is 1. The first kappa shape index (κ1) is 18.9. The first-order chi connectivity index (χ1) is 10.6. The van der Waals surface area contributed by atoms with Gasteiger partial charge in [0.1, 0.15) is 11.4 Å². The van der Waals surface area contributed by atoms with Crippen LogP contribution in [0.25, 0.3) is 0 Å². The van der Waals surface area contributed by atoms with E-state index in [0.29, 0.717) is 12.0 Å². The van der Waals surface area contributed by atoms with E-state index in [1.807, 2.05) is 0 Å². The van der Waals surface area contributed by atoms with Crippen LogP contribution in [-0.4, -0.2) is 43.4 Å². The Bertz CT molecular complexity index is 570. The Labute approximate surface area is 135 Å². The molecule has 0 aliphatic heterocycles. The van der Waals surface area contributed by atoms with Crippen LogP contribution in [0.5, 0.6) is 0 Å². The van der Waals surface area contributed by atoms with Gasteiger partial charge in [-0.2, -0.15) is 0 Å². The van der Waals surface area contributed by atoms with E-state index in [2.05, 4.69) is 5.32 Å². The molecule has 1 aromatic rings. The van der Waals surface area contributed by atoms with Crippen LogP contribution in [0.4, 0.5) is 9.18 Å². The number of benzene rings is 1. The van der Waals surface area contributed by atoms with Crippen molar-refractivity contribution >= 4 is 12.0 Å². The van der Waals surface area contributed by atoms with Gasteiger partial charge in [-0.05, 0) is 44.9 Å². The lowest BCUT2D eigenvalue weighted by molar-refractivity contribution is -0.0757. The fourth-order valence-corrected chi connectivity index (χ4v) is 1.76. The Kier molecular flexibility index (Phi) is 6.50. The van der Waals surface area contributed by atoms with Gasteiger partial charge in [-0.3, -0.25) is 9.63 Å². The summed E-state index contributed by atoms with van der Waals surface area (Å²) < 4.78 is 19.1. The lowest BCUT2D eigenvalue weighted by Gasteiger charge is -2.19. The lowest BCUT2D eigenvalue weighted by atomic mass is 10.1. The molecule has 0 aromatic heterocycles. The van der Waals surface area contributed by atoms with Crippen molar-refractivity contribution < 1.29 is 23.6 Å². The minimum atomic E-state index is -0.579. The smallest absolute Gasteiger partial charge is 0.407 e. The van der Waals surface area contributed by atoms with Crippen LogP contribution in [0.1, 0.15) is 36.7 Å². The number of hydrogen-bond acceptors (Lipinski definition) is 4. The molecule has 1 aromatic carbocycles. The van der Waals surface area contributed by atoms with Crippen molar-refractivity contribution in [2.45, 2.75) is 32.8 Å². The second-order valence-corrected chi connectivity index (χ2v) is 5.97. The minimum absolute atomic E-state index is 0.190. The van der Waals surface area contributed by atoms with Gasteiger partial charge in [0, 0.05) is 19.2 Å². The van der Waals surface area contributed by atoms with Crippen molar-refractivity contribution in [1.82, 2.24) is 10.4 Å². The summed E-state index contributed by atoms with van der Waals surface area (Å²) in [6.07, 6.45) is -0.258. The summed E-state index contributed by atoms with van der Waals surface area (Å²) in [6.45, 7) is 5.52. The number of rotatable bonds is 5. The molecule has 1 rings (SSSR count). The molecule has 0 saturated carbocycles. The Morgan fingerprint density at radius 3 is 2.48 bits per heavy atom. The molecule has 0 heterocycles. The van der Waals surface area contributed by atoms with Crippen molar-refractivity contribution in [3.63, 3.8) is 0 Å². The maximum atomic E-state index is 14.0. The van der Waals surface area contributed by atoms with E-state index in [0.717, 1.165) is 11.1 Å². The summed E-state index contributed by atoms with van der Waals surface area (Å²) in [7, 11) is 2.80. The zero-order valence-electron chi connectivity index (χ0n) is 14.1. The van der Waals surface area contributed by atoms with Gasteiger partial charge in [0.25, 0.3) is 5.91 Å².